The number of hydrogen-bond donors (Lipinski definition) is 1. The number of nitrogens with two attached hydrogens (primary N) is 1. The largest absolute Gasteiger partial charge is 0.326 e. The molecule has 4 unspecified atom stereocenters. The fourth-order valence-corrected chi connectivity index (χ4v) is 6.01. The first kappa shape index (κ1) is 17.5. The second-order valence-corrected chi connectivity index (χ2v) is 9.07. The molecule has 2 heterocycles. The number of hydrogen-bond acceptors (Lipinski definition) is 4. The van der Waals surface area contributed by atoms with E-state index in [0.29, 0.717) is 10.5 Å². The van der Waals surface area contributed by atoms with Gasteiger partial charge in [-0.05, 0) is 13.3 Å². The molecular weight excluding hydrogens is 322 g/mol. The average molecular weight is 348 g/mol. The average Bonchev–Trinajstić information content (AvgIpc) is 2.78. The summed E-state index contributed by atoms with van der Waals surface area (Å²) in [4.78, 5) is 0. The minimum Gasteiger partial charge on any atom is -0.326 e. The summed E-state index contributed by atoms with van der Waals surface area (Å²) in [5.74, 6) is 1.13. The number of rotatable bonds is 5. The molecule has 0 spiro atoms. The van der Waals surface area contributed by atoms with Crippen molar-refractivity contribution in [3.63, 3.8) is 0 Å². The summed E-state index contributed by atoms with van der Waals surface area (Å²) in [5, 5.41) is 7.30. The third-order valence-electron chi connectivity index (χ3n) is 4.17. The van der Waals surface area contributed by atoms with Gasteiger partial charge in [-0.25, -0.2) is 0 Å². The molecule has 1 aromatic heterocycles. The zero-order valence-electron chi connectivity index (χ0n) is 13.3. The lowest BCUT2D eigenvalue weighted by atomic mass is 10.1. The normalized spacial score (nSPS) is 27.8. The Kier molecular flexibility index (Phi) is 6.36. The van der Waals surface area contributed by atoms with Gasteiger partial charge in [0, 0.05) is 40.5 Å². The SMILES string of the molecule is CCc1nn(CC)c(CC(N)C2CSC(C)C(C)S2)c1Cl. The van der Waals surface area contributed by atoms with E-state index in [-0.39, 0.29) is 6.04 Å². The summed E-state index contributed by atoms with van der Waals surface area (Å²) in [5.41, 5.74) is 8.60. The first-order chi connectivity index (χ1) is 9.97. The van der Waals surface area contributed by atoms with Gasteiger partial charge in [0.2, 0.25) is 0 Å². The Morgan fingerprint density at radius 1 is 1.38 bits per heavy atom. The Bertz CT molecular complexity index is 478. The van der Waals surface area contributed by atoms with Crippen molar-refractivity contribution in [3.8, 4) is 0 Å². The Morgan fingerprint density at radius 3 is 2.67 bits per heavy atom. The molecule has 0 saturated carbocycles. The molecule has 120 valence electrons. The van der Waals surface area contributed by atoms with Gasteiger partial charge in [0.05, 0.1) is 16.4 Å². The quantitative estimate of drug-likeness (QED) is 0.883. The van der Waals surface area contributed by atoms with Crippen molar-refractivity contribution in [1.29, 1.82) is 0 Å². The van der Waals surface area contributed by atoms with Crippen molar-refractivity contribution in [1.82, 2.24) is 9.78 Å². The van der Waals surface area contributed by atoms with Gasteiger partial charge >= 0.3 is 0 Å². The number of thioether (sulfide) groups is 2. The van der Waals surface area contributed by atoms with Crippen LogP contribution in [0.5, 0.6) is 0 Å². The van der Waals surface area contributed by atoms with Crippen molar-refractivity contribution in [2.24, 2.45) is 5.73 Å². The van der Waals surface area contributed by atoms with Gasteiger partial charge < -0.3 is 5.73 Å². The Morgan fingerprint density at radius 2 is 2.10 bits per heavy atom. The van der Waals surface area contributed by atoms with Crippen molar-refractivity contribution < 1.29 is 0 Å². The van der Waals surface area contributed by atoms with Crippen LogP contribution < -0.4 is 5.73 Å². The third-order valence-corrected chi connectivity index (χ3v) is 8.18. The maximum atomic E-state index is 6.50. The summed E-state index contributed by atoms with van der Waals surface area (Å²) in [6.07, 6.45) is 1.69. The minimum absolute atomic E-state index is 0.140. The summed E-state index contributed by atoms with van der Waals surface area (Å²) in [6.45, 7) is 9.66. The molecule has 2 N–H and O–H groups in total. The lowest BCUT2D eigenvalue weighted by Gasteiger charge is -2.34. The van der Waals surface area contributed by atoms with E-state index in [1.165, 1.54) is 0 Å². The standard InChI is InChI=1S/C15H26ClN3S2/c1-5-12-15(16)13(19(6-2)18-12)7-11(17)14-8-20-9(3)10(4)21-14/h9-11,14H,5-8,17H2,1-4H3. The highest BCUT2D eigenvalue weighted by Gasteiger charge is 2.30. The predicted octanol–water partition coefficient (Wildman–Crippen LogP) is 3.61. The van der Waals surface area contributed by atoms with Crippen molar-refractivity contribution in [2.45, 2.75) is 68.9 Å². The van der Waals surface area contributed by atoms with E-state index < -0.39 is 0 Å². The Balaban J connectivity index is 2.09. The maximum absolute atomic E-state index is 6.50. The lowest BCUT2D eigenvalue weighted by molar-refractivity contribution is 0.572. The molecule has 4 atom stereocenters. The molecular formula is C15H26ClN3S2. The first-order valence-electron chi connectivity index (χ1n) is 7.74. The van der Waals surface area contributed by atoms with Crippen LogP contribution >= 0.6 is 35.1 Å². The van der Waals surface area contributed by atoms with Gasteiger partial charge in [-0.15, -0.1) is 0 Å². The van der Waals surface area contributed by atoms with Crippen molar-refractivity contribution in [2.75, 3.05) is 5.75 Å². The van der Waals surface area contributed by atoms with Crippen LogP contribution in [0.15, 0.2) is 0 Å². The molecule has 0 amide bonds. The van der Waals surface area contributed by atoms with E-state index in [4.69, 9.17) is 17.3 Å². The molecule has 2 rings (SSSR count). The van der Waals surface area contributed by atoms with Crippen LogP contribution in [0.3, 0.4) is 0 Å². The Hall–Kier alpha value is 0.160. The van der Waals surface area contributed by atoms with Crippen LogP contribution in [-0.2, 0) is 19.4 Å². The lowest BCUT2D eigenvalue weighted by Crippen LogP contribution is -2.41. The molecule has 3 nitrogen and oxygen atoms in total. The van der Waals surface area contributed by atoms with Crippen LogP contribution in [0.25, 0.3) is 0 Å². The van der Waals surface area contributed by atoms with E-state index in [1.807, 2.05) is 28.2 Å². The van der Waals surface area contributed by atoms with Crippen LogP contribution in [0.1, 0.15) is 39.1 Å². The zero-order chi connectivity index (χ0) is 15.6. The molecule has 6 heteroatoms. The van der Waals surface area contributed by atoms with Gasteiger partial charge in [0.15, 0.2) is 0 Å². The van der Waals surface area contributed by atoms with Crippen LogP contribution in [0.4, 0.5) is 0 Å². The topological polar surface area (TPSA) is 43.8 Å². The van der Waals surface area contributed by atoms with Crippen molar-refractivity contribution >= 4 is 35.1 Å². The van der Waals surface area contributed by atoms with Gasteiger partial charge in [0.25, 0.3) is 0 Å². The highest BCUT2D eigenvalue weighted by molar-refractivity contribution is 8.07. The highest BCUT2D eigenvalue weighted by atomic mass is 35.5. The van der Waals surface area contributed by atoms with E-state index in [1.54, 1.807) is 0 Å². The minimum atomic E-state index is 0.140. The van der Waals surface area contributed by atoms with Gasteiger partial charge in [0.1, 0.15) is 0 Å². The number of aryl methyl sites for hydroxylation is 2. The fraction of sp³-hybridized carbons (Fsp3) is 0.800. The highest BCUT2D eigenvalue weighted by Crippen LogP contribution is 2.37. The van der Waals surface area contributed by atoms with Gasteiger partial charge in [-0.3, -0.25) is 4.68 Å². The molecule has 1 aliphatic heterocycles. The molecule has 0 aromatic carbocycles. The third kappa shape index (κ3) is 3.92. The van der Waals surface area contributed by atoms with Crippen LogP contribution in [0, 0.1) is 0 Å². The Labute approximate surface area is 141 Å². The molecule has 0 aliphatic carbocycles. The molecule has 0 bridgehead atoms. The smallest absolute Gasteiger partial charge is 0.0850 e. The molecule has 0 radical (unpaired) electrons. The second-order valence-electron chi connectivity index (χ2n) is 5.66. The molecule has 1 aromatic rings. The first-order valence-corrected chi connectivity index (χ1v) is 10.1. The molecule has 1 saturated heterocycles. The summed E-state index contributed by atoms with van der Waals surface area (Å²) in [6, 6.07) is 0.140. The van der Waals surface area contributed by atoms with E-state index in [0.717, 1.165) is 46.8 Å². The summed E-state index contributed by atoms with van der Waals surface area (Å²) >= 11 is 10.6. The monoisotopic (exact) mass is 347 g/mol. The number of nitrogens with zero attached hydrogens (tertiary/aromatic N) is 2. The van der Waals surface area contributed by atoms with E-state index in [2.05, 4.69) is 32.8 Å². The van der Waals surface area contributed by atoms with Gasteiger partial charge in [-0.2, -0.15) is 28.6 Å². The zero-order valence-corrected chi connectivity index (χ0v) is 15.7. The number of halogens is 1. The fourth-order valence-electron chi connectivity index (χ4n) is 2.60. The van der Waals surface area contributed by atoms with E-state index in [9.17, 15) is 0 Å². The predicted molar refractivity (Wildman–Crippen MR) is 96.7 cm³/mol. The summed E-state index contributed by atoms with van der Waals surface area (Å²) < 4.78 is 2.02. The molecule has 1 fully saturated rings. The van der Waals surface area contributed by atoms with Crippen LogP contribution in [-0.4, -0.2) is 37.3 Å². The molecule has 21 heavy (non-hydrogen) atoms. The van der Waals surface area contributed by atoms with Crippen LogP contribution in [0.2, 0.25) is 5.02 Å². The summed E-state index contributed by atoms with van der Waals surface area (Å²) in [7, 11) is 0. The number of aromatic nitrogens is 2. The van der Waals surface area contributed by atoms with E-state index >= 15 is 0 Å². The van der Waals surface area contributed by atoms with Crippen molar-refractivity contribution in [3.05, 3.63) is 16.4 Å². The molecule has 1 aliphatic rings. The maximum Gasteiger partial charge on any atom is 0.0850 e. The second kappa shape index (κ2) is 7.62. The van der Waals surface area contributed by atoms with Gasteiger partial charge in [-0.1, -0.05) is 32.4 Å².